The maximum Gasteiger partial charge on any atom is 0.0521 e. The summed E-state index contributed by atoms with van der Waals surface area (Å²) in [5.41, 5.74) is 0. The summed E-state index contributed by atoms with van der Waals surface area (Å²) in [6.07, 6.45) is 5.27. The Bertz CT molecular complexity index is 243. The van der Waals surface area contributed by atoms with E-state index in [1.165, 1.54) is 32.2 Å². The van der Waals surface area contributed by atoms with E-state index in [1.54, 1.807) is 0 Å². The first-order chi connectivity index (χ1) is 8.72. The molecule has 1 saturated carbocycles. The van der Waals surface area contributed by atoms with Crippen molar-refractivity contribution in [2.75, 3.05) is 33.4 Å². The van der Waals surface area contributed by atoms with Gasteiger partial charge in [0.15, 0.2) is 0 Å². The lowest BCUT2D eigenvalue weighted by atomic mass is 9.94. The van der Waals surface area contributed by atoms with Crippen LogP contribution in [0.1, 0.15) is 39.5 Å². The SMILES string of the molecule is CCCNC1CCOCC1CN(C)C(C)C1CC1. The van der Waals surface area contributed by atoms with Gasteiger partial charge in [0, 0.05) is 31.2 Å². The molecule has 0 radical (unpaired) electrons. The molecule has 2 rings (SSSR count). The highest BCUT2D eigenvalue weighted by Crippen LogP contribution is 2.35. The molecule has 18 heavy (non-hydrogen) atoms. The zero-order valence-electron chi connectivity index (χ0n) is 12.3. The van der Waals surface area contributed by atoms with Crippen molar-refractivity contribution in [2.24, 2.45) is 11.8 Å². The number of ether oxygens (including phenoxy) is 1. The van der Waals surface area contributed by atoms with E-state index in [9.17, 15) is 0 Å². The van der Waals surface area contributed by atoms with Crippen LogP contribution in [0.25, 0.3) is 0 Å². The van der Waals surface area contributed by atoms with Crippen molar-refractivity contribution in [1.82, 2.24) is 10.2 Å². The summed E-state index contributed by atoms with van der Waals surface area (Å²) in [7, 11) is 2.29. The zero-order chi connectivity index (χ0) is 13.0. The van der Waals surface area contributed by atoms with E-state index in [1.807, 2.05) is 0 Å². The average Bonchev–Trinajstić information content (AvgIpc) is 3.21. The standard InChI is InChI=1S/C15H30N2O/c1-4-8-16-15-7-9-18-11-14(15)10-17(3)12(2)13-5-6-13/h12-16H,4-11H2,1-3H3. The summed E-state index contributed by atoms with van der Waals surface area (Å²) in [5, 5.41) is 3.70. The first-order valence-electron chi connectivity index (χ1n) is 7.73. The van der Waals surface area contributed by atoms with Crippen LogP contribution in [0.15, 0.2) is 0 Å². The van der Waals surface area contributed by atoms with Gasteiger partial charge < -0.3 is 15.0 Å². The second kappa shape index (κ2) is 6.88. The van der Waals surface area contributed by atoms with Gasteiger partial charge in [0.05, 0.1) is 6.61 Å². The third-order valence-electron chi connectivity index (χ3n) is 4.65. The van der Waals surface area contributed by atoms with Crippen LogP contribution in [0, 0.1) is 11.8 Å². The molecule has 3 heteroatoms. The molecule has 2 fully saturated rings. The normalized spacial score (nSPS) is 30.7. The zero-order valence-corrected chi connectivity index (χ0v) is 12.3. The molecule has 0 aromatic heterocycles. The van der Waals surface area contributed by atoms with Crippen LogP contribution in [0.3, 0.4) is 0 Å². The molecule has 1 saturated heterocycles. The molecule has 1 aliphatic carbocycles. The molecule has 0 aromatic rings. The number of rotatable bonds is 7. The third kappa shape index (κ3) is 3.94. The molecule has 3 nitrogen and oxygen atoms in total. The van der Waals surface area contributed by atoms with Crippen molar-refractivity contribution in [3.63, 3.8) is 0 Å². The van der Waals surface area contributed by atoms with E-state index in [-0.39, 0.29) is 0 Å². The van der Waals surface area contributed by atoms with E-state index in [0.29, 0.717) is 12.0 Å². The van der Waals surface area contributed by atoms with Crippen molar-refractivity contribution in [3.8, 4) is 0 Å². The topological polar surface area (TPSA) is 24.5 Å². The molecule has 1 N–H and O–H groups in total. The monoisotopic (exact) mass is 254 g/mol. The smallest absolute Gasteiger partial charge is 0.0521 e. The molecule has 0 aromatic carbocycles. The maximum atomic E-state index is 5.68. The summed E-state index contributed by atoms with van der Waals surface area (Å²) in [4.78, 5) is 2.55. The summed E-state index contributed by atoms with van der Waals surface area (Å²) in [5.74, 6) is 1.62. The van der Waals surface area contributed by atoms with E-state index in [4.69, 9.17) is 4.74 Å². The fourth-order valence-electron chi connectivity index (χ4n) is 3.05. The first kappa shape index (κ1) is 14.3. The molecule has 1 aliphatic heterocycles. The van der Waals surface area contributed by atoms with Gasteiger partial charge in [0.1, 0.15) is 0 Å². The van der Waals surface area contributed by atoms with E-state index < -0.39 is 0 Å². The Morgan fingerprint density at radius 3 is 2.78 bits per heavy atom. The molecule has 0 amide bonds. The van der Waals surface area contributed by atoms with Gasteiger partial charge in [-0.25, -0.2) is 0 Å². The lowest BCUT2D eigenvalue weighted by Gasteiger charge is -2.36. The van der Waals surface area contributed by atoms with Crippen LogP contribution in [-0.2, 0) is 4.74 Å². The summed E-state index contributed by atoms with van der Waals surface area (Å²) >= 11 is 0. The van der Waals surface area contributed by atoms with Crippen LogP contribution in [-0.4, -0.2) is 50.3 Å². The van der Waals surface area contributed by atoms with Gasteiger partial charge in [-0.2, -0.15) is 0 Å². The van der Waals surface area contributed by atoms with Gasteiger partial charge in [-0.05, 0) is 52.1 Å². The van der Waals surface area contributed by atoms with Crippen molar-refractivity contribution in [1.29, 1.82) is 0 Å². The van der Waals surface area contributed by atoms with Gasteiger partial charge in [-0.1, -0.05) is 6.92 Å². The second-order valence-electron chi connectivity index (χ2n) is 6.20. The third-order valence-corrected chi connectivity index (χ3v) is 4.65. The molecule has 1 heterocycles. The van der Waals surface area contributed by atoms with Crippen LogP contribution in [0.2, 0.25) is 0 Å². The van der Waals surface area contributed by atoms with Gasteiger partial charge in [0.25, 0.3) is 0 Å². The quantitative estimate of drug-likeness (QED) is 0.753. The van der Waals surface area contributed by atoms with Crippen LogP contribution in [0.5, 0.6) is 0 Å². The Labute approximate surface area is 112 Å². The molecule has 106 valence electrons. The average molecular weight is 254 g/mol. The molecular weight excluding hydrogens is 224 g/mol. The summed E-state index contributed by atoms with van der Waals surface area (Å²) in [6.45, 7) is 8.81. The van der Waals surface area contributed by atoms with Crippen LogP contribution >= 0.6 is 0 Å². The Morgan fingerprint density at radius 1 is 1.33 bits per heavy atom. The maximum absolute atomic E-state index is 5.68. The van der Waals surface area contributed by atoms with E-state index >= 15 is 0 Å². The van der Waals surface area contributed by atoms with Crippen LogP contribution < -0.4 is 5.32 Å². The molecular formula is C15H30N2O. The number of nitrogens with one attached hydrogen (secondary N) is 1. The van der Waals surface area contributed by atoms with E-state index in [2.05, 4.69) is 31.1 Å². The largest absolute Gasteiger partial charge is 0.381 e. The van der Waals surface area contributed by atoms with Crippen molar-refractivity contribution < 1.29 is 4.74 Å². The predicted molar refractivity (Wildman–Crippen MR) is 75.8 cm³/mol. The van der Waals surface area contributed by atoms with Crippen LogP contribution in [0.4, 0.5) is 0 Å². The number of hydrogen-bond donors (Lipinski definition) is 1. The lowest BCUT2D eigenvalue weighted by molar-refractivity contribution is 0.0143. The lowest BCUT2D eigenvalue weighted by Crippen LogP contribution is -2.48. The molecule has 0 bridgehead atoms. The highest BCUT2D eigenvalue weighted by atomic mass is 16.5. The van der Waals surface area contributed by atoms with Crippen molar-refractivity contribution >= 4 is 0 Å². The first-order valence-corrected chi connectivity index (χ1v) is 7.73. The fraction of sp³-hybridized carbons (Fsp3) is 1.00. The Balaban J connectivity index is 1.80. The number of hydrogen-bond acceptors (Lipinski definition) is 3. The van der Waals surface area contributed by atoms with Gasteiger partial charge in [-0.3, -0.25) is 0 Å². The second-order valence-corrected chi connectivity index (χ2v) is 6.20. The molecule has 3 unspecified atom stereocenters. The minimum absolute atomic E-state index is 0.660. The highest BCUT2D eigenvalue weighted by Gasteiger charge is 2.33. The fourth-order valence-corrected chi connectivity index (χ4v) is 3.05. The minimum atomic E-state index is 0.660. The summed E-state index contributed by atoms with van der Waals surface area (Å²) < 4.78 is 5.68. The Hall–Kier alpha value is -0.120. The summed E-state index contributed by atoms with van der Waals surface area (Å²) in [6, 6.07) is 1.41. The van der Waals surface area contributed by atoms with Crippen molar-refractivity contribution in [3.05, 3.63) is 0 Å². The van der Waals surface area contributed by atoms with Crippen molar-refractivity contribution in [2.45, 2.75) is 51.6 Å². The molecule has 3 atom stereocenters. The van der Waals surface area contributed by atoms with E-state index in [0.717, 1.165) is 31.7 Å². The molecule has 2 aliphatic rings. The van der Waals surface area contributed by atoms with Gasteiger partial charge in [-0.15, -0.1) is 0 Å². The number of nitrogens with zero attached hydrogens (tertiary/aromatic N) is 1. The predicted octanol–water partition coefficient (Wildman–Crippen LogP) is 2.12. The minimum Gasteiger partial charge on any atom is -0.381 e. The Morgan fingerprint density at radius 2 is 2.11 bits per heavy atom. The molecule has 0 spiro atoms. The Kier molecular flexibility index (Phi) is 5.46. The van der Waals surface area contributed by atoms with Gasteiger partial charge in [0.2, 0.25) is 0 Å². The van der Waals surface area contributed by atoms with Gasteiger partial charge >= 0.3 is 0 Å². The highest BCUT2D eigenvalue weighted by molar-refractivity contribution is 4.87.